The van der Waals surface area contributed by atoms with E-state index >= 15 is 0 Å². The Balaban J connectivity index is 2.48. The van der Waals surface area contributed by atoms with E-state index in [-0.39, 0.29) is 0 Å². The highest BCUT2D eigenvalue weighted by Gasteiger charge is 2.08. The molecular weight excluding hydrogens is 208 g/mol. The van der Waals surface area contributed by atoms with Crippen LogP contribution >= 0.6 is 0 Å². The van der Waals surface area contributed by atoms with Gasteiger partial charge in [-0.3, -0.25) is 0 Å². The highest BCUT2D eigenvalue weighted by molar-refractivity contribution is 5.84. The third-order valence-electron chi connectivity index (χ3n) is 3.41. The Morgan fingerprint density at radius 3 is 2.71 bits per heavy atom. The molecule has 0 fully saturated rings. The number of hydrogen-bond donors (Lipinski definition) is 1. The first-order valence-corrected chi connectivity index (χ1v) is 6.36. The van der Waals surface area contributed by atoms with Gasteiger partial charge in [-0.1, -0.05) is 19.9 Å². The summed E-state index contributed by atoms with van der Waals surface area (Å²) in [5, 5.41) is 4.63. The molecule has 2 aromatic rings. The monoisotopic (exact) mass is 230 g/mol. The van der Waals surface area contributed by atoms with Gasteiger partial charge in [-0.2, -0.15) is 0 Å². The molecule has 2 heteroatoms. The van der Waals surface area contributed by atoms with E-state index in [1.54, 1.807) is 0 Å². The smallest absolute Gasteiger partial charge is 0.0480 e. The van der Waals surface area contributed by atoms with Crippen molar-refractivity contribution in [2.75, 3.05) is 13.6 Å². The van der Waals surface area contributed by atoms with E-state index in [0.29, 0.717) is 5.92 Å². The molecule has 0 aliphatic heterocycles. The molecule has 0 aliphatic carbocycles. The zero-order valence-corrected chi connectivity index (χ0v) is 11.2. The number of nitrogens with zero attached hydrogens (tertiary/aromatic N) is 1. The molecule has 0 atom stereocenters. The van der Waals surface area contributed by atoms with Crippen LogP contribution in [0.5, 0.6) is 0 Å². The molecule has 17 heavy (non-hydrogen) atoms. The Morgan fingerprint density at radius 2 is 2.06 bits per heavy atom. The van der Waals surface area contributed by atoms with Crippen molar-refractivity contribution < 1.29 is 0 Å². The van der Waals surface area contributed by atoms with Crippen LogP contribution in [0, 0.1) is 0 Å². The van der Waals surface area contributed by atoms with Crippen LogP contribution < -0.4 is 5.32 Å². The van der Waals surface area contributed by atoms with Crippen molar-refractivity contribution in [3.63, 3.8) is 0 Å². The fourth-order valence-corrected chi connectivity index (χ4v) is 2.31. The van der Waals surface area contributed by atoms with Crippen LogP contribution in [0.25, 0.3) is 10.9 Å². The van der Waals surface area contributed by atoms with Gasteiger partial charge in [0.25, 0.3) is 0 Å². The average molecular weight is 230 g/mol. The lowest BCUT2D eigenvalue weighted by molar-refractivity contribution is 0.791. The third-order valence-corrected chi connectivity index (χ3v) is 3.41. The fourth-order valence-electron chi connectivity index (χ4n) is 2.31. The van der Waals surface area contributed by atoms with Crippen LogP contribution in [0.4, 0.5) is 0 Å². The number of aromatic nitrogens is 1. The second-order valence-corrected chi connectivity index (χ2v) is 5.05. The molecule has 2 nitrogen and oxygen atoms in total. The van der Waals surface area contributed by atoms with Crippen LogP contribution in [0.1, 0.15) is 30.9 Å². The van der Waals surface area contributed by atoms with Crippen LogP contribution in [0.15, 0.2) is 24.4 Å². The van der Waals surface area contributed by atoms with Crippen LogP contribution in [-0.2, 0) is 13.5 Å². The van der Waals surface area contributed by atoms with Crippen molar-refractivity contribution >= 4 is 10.9 Å². The molecule has 0 spiro atoms. The van der Waals surface area contributed by atoms with Crippen molar-refractivity contribution in [1.82, 2.24) is 9.88 Å². The maximum atomic E-state index is 3.22. The summed E-state index contributed by atoms with van der Waals surface area (Å²) in [5.41, 5.74) is 4.20. The van der Waals surface area contributed by atoms with E-state index in [1.165, 1.54) is 22.0 Å². The number of hydrogen-bond acceptors (Lipinski definition) is 1. The maximum absolute atomic E-state index is 3.22. The SMILES string of the molecule is CNCCc1cn(C)c2ccc(C(C)C)cc12. The molecule has 92 valence electrons. The fraction of sp³-hybridized carbons (Fsp3) is 0.467. The van der Waals surface area contributed by atoms with Crippen LogP contribution in [-0.4, -0.2) is 18.2 Å². The Bertz CT molecular complexity index is 509. The van der Waals surface area contributed by atoms with Gasteiger partial charge in [0.2, 0.25) is 0 Å². The topological polar surface area (TPSA) is 17.0 Å². The van der Waals surface area contributed by atoms with E-state index in [1.807, 2.05) is 7.05 Å². The quantitative estimate of drug-likeness (QED) is 0.854. The van der Waals surface area contributed by atoms with Crippen molar-refractivity contribution in [3.05, 3.63) is 35.5 Å². The summed E-state index contributed by atoms with van der Waals surface area (Å²) >= 11 is 0. The first kappa shape index (κ1) is 12.2. The molecule has 0 aliphatic rings. The van der Waals surface area contributed by atoms with Gasteiger partial charge < -0.3 is 9.88 Å². The molecule has 1 aromatic carbocycles. The molecule has 0 amide bonds. The Hall–Kier alpha value is -1.28. The number of benzene rings is 1. The van der Waals surface area contributed by atoms with Gasteiger partial charge in [0.05, 0.1) is 0 Å². The van der Waals surface area contributed by atoms with Crippen molar-refractivity contribution in [2.45, 2.75) is 26.2 Å². The summed E-state index contributed by atoms with van der Waals surface area (Å²) in [6.07, 6.45) is 3.35. The zero-order chi connectivity index (χ0) is 12.4. The Labute approximate surface area is 104 Å². The van der Waals surface area contributed by atoms with Gasteiger partial charge in [-0.05, 0) is 49.2 Å². The first-order chi connectivity index (χ1) is 8.13. The number of nitrogens with one attached hydrogen (secondary N) is 1. The van der Waals surface area contributed by atoms with Gasteiger partial charge >= 0.3 is 0 Å². The molecule has 0 saturated carbocycles. The molecule has 0 radical (unpaired) electrons. The maximum Gasteiger partial charge on any atom is 0.0480 e. The van der Waals surface area contributed by atoms with Crippen LogP contribution in [0.2, 0.25) is 0 Å². The van der Waals surface area contributed by atoms with E-state index in [9.17, 15) is 0 Å². The predicted molar refractivity (Wildman–Crippen MR) is 74.6 cm³/mol. The average Bonchev–Trinajstić information content (AvgIpc) is 2.63. The Kier molecular flexibility index (Phi) is 3.53. The molecular formula is C15H22N2. The molecule has 0 unspecified atom stereocenters. The van der Waals surface area contributed by atoms with Crippen molar-refractivity contribution in [3.8, 4) is 0 Å². The zero-order valence-electron chi connectivity index (χ0n) is 11.2. The molecule has 1 heterocycles. The lowest BCUT2D eigenvalue weighted by atomic mass is 10.00. The van der Waals surface area contributed by atoms with E-state index in [2.05, 4.69) is 55.2 Å². The first-order valence-electron chi connectivity index (χ1n) is 6.36. The normalized spacial score (nSPS) is 11.6. The van der Waals surface area contributed by atoms with Crippen molar-refractivity contribution in [1.29, 1.82) is 0 Å². The van der Waals surface area contributed by atoms with E-state index < -0.39 is 0 Å². The van der Waals surface area contributed by atoms with Crippen molar-refractivity contribution in [2.24, 2.45) is 7.05 Å². The lowest BCUT2D eigenvalue weighted by Crippen LogP contribution is -2.09. The highest BCUT2D eigenvalue weighted by Crippen LogP contribution is 2.25. The van der Waals surface area contributed by atoms with Gasteiger partial charge in [0, 0.05) is 24.1 Å². The Morgan fingerprint density at radius 1 is 1.29 bits per heavy atom. The van der Waals surface area contributed by atoms with Gasteiger partial charge in [-0.15, -0.1) is 0 Å². The molecule has 0 saturated heterocycles. The lowest BCUT2D eigenvalue weighted by Gasteiger charge is -2.06. The summed E-state index contributed by atoms with van der Waals surface area (Å²) < 4.78 is 2.23. The summed E-state index contributed by atoms with van der Waals surface area (Å²) in [7, 11) is 4.13. The number of aryl methyl sites for hydroxylation is 1. The minimum absolute atomic E-state index is 0.594. The second kappa shape index (κ2) is 4.92. The standard InChI is InChI=1S/C15H22N2/c1-11(2)12-5-6-15-14(9-12)13(7-8-16-3)10-17(15)4/h5-6,9-11,16H,7-8H2,1-4H3. The number of likely N-dealkylation sites (N-methyl/N-ethyl adjacent to an activating group) is 1. The molecule has 1 N–H and O–H groups in total. The van der Waals surface area contributed by atoms with E-state index in [4.69, 9.17) is 0 Å². The summed E-state index contributed by atoms with van der Waals surface area (Å²) in [5.74, 6) is 0.594. The third kappa shape index (κ3) is 2.37. The largest absolute Gasteiger partial charge is 0.350 e. The second-order valence-electron chi connectivity index (χ2n) is 5.05. The minimum Gasteiger partial charge on any atom is -0.350 e. The predicted octanol–water partition coefficient (Wildman–Crippen LogP) is 3.06. The van der Waals surface area contributed by atoms with Gasteiger partial charge in [-0.25, -0.2) is 0 Å². The summed E-state index contributed by atoms with van der Waals surface area (Å²) in [4.78, 5) is 0. The summed E-state index contributed by atoms with van der Waals surface area (Å²) in [6, 6.07) is 6.84. The number of rotatable bonds is 4. The molecule has 1 aromatic heterocycles. The van der Waals surface area contributed by atoms with Gasteiger partial charge in [0.15, 0.2) is 0 Å². The molecule has 2 rings (SSSR count). The minimum atomic E-state index is 0.594. The molecule has 0 bridgehead atoms. The van der Waals surface area contributed by atoms with Gasteiger partial charge in [0.1, 0.15) is 0 Å². The summed E-state index contributed by atoms with van der Waals surface area (Å²) in [6.45, 7) is 5.53. The number of fused-ring (bicyclic) bond motifs is 1. The highest BCUT2D eigenvalue weighted by atomic mass is 14.9. The van der Waals surface area contributed by atoms with Crippen LogP contribution in [0.3, 0.4) is 0 Å². The van der Waals surface area contributed by atoms with E-state index in [0.717, 1.165) is 13.0 Å².